The van der Waals surface area contributed by atoms with Crippen molar-refractivity contribution in [2.45, 2.75) is 13.3 Å². The summed E-state index contributed by atoms with van der Waals surface area (Å²) >= 11 is 1.55. The summed E-state index contributed by atoms with van der Waals surface area (Å²) < 4.78 is 11.7. The fourth-order valence-electron chi connectivity index (χ4n) is 3.00. The van der Waals surface area contributed by atoms with Crippen LogP contribution in [0.1, 0.15) is 22.8 Å². The van der Waals surface area contributed by atoms with Gasteiger partial charge in [0.2, 0.25) is 0 Å². The molecule has 0 saturated heterocycles. The van der Waals surface area contributed by atoms with Crippen molar-refractivity contribution in [1.82, 2.24) is 9.88 Å². The number of hydrogen-bond acceptors (Lipinski definition) is 6. The minimum Gasteiger partial charge on any atom is -0.493 e. The number of carbonyl (C=O) groups excluding carboxylic acids is 1. The molecule has 6 nitrogen and oxygen atoms in total. The zero-order valence-corrected chi connectivity index (χ0v) is 19.6. The van der Waals surface area contributed by atoms with Crippen LogP contribution in [0.15, 0.2) is 36.4 Å². The van der Waals surface area contributed by atoms with Crippen molar-refractivity contribution in [2.75, 3.05) is 46.3 Å². The van der Waals surface area contributed by atoms with Gasteiger partial charge in [0.15, 0.2) is 16.6 Å². The number of aryl methyl sites for hydroxylation is 1. The Balaban J connectivity index is 0.00000320. The third-order valence-corrected chi connectivity index (χ3v) is 5.77. The van der Waals surface area contributed by atoms with Gasteiger partial charge in [0.1, 0.15) is 0 Å². The number of methoxy groups -OCH3 is 2. The van der Waals surface area contributed by atoms with Crippen LogP contribution in [0.3, 0.4) is 0 Å². The van der Waals surface area contributed by atoms with Crippen LogP contribution < -0.4 is 14.4 Å². The van der Waals surface area contributed by atoms with Crippen molar-refractivity contribution < 1.29 is 14.3 Å². The molecule has 1 aromatic heterocycles. The maximum absolute atomic E-state index is 13.4. The van der Waals surface area contributed by atoms with Crippen LogP contribution in [0.25, 0.3) is 10.2 Å². The van der Waals surface area contributed by atoms with E-state index >= 15 is 0 Å². The van der Waals surface area contributed by atoms with E-state index in [-0.39, 0.29) is 18.3 Å². The first kappa shape index (κ1) is 23.9. The molecule has 0 atom stereocenters. The van der Waals surface area contributed by atoms with Gasteiger partial charge in [-0.2, -0.15) is 0 Å². The summed E-state index contributed by atoms with van der Waals surface area (Å²) in [7, 11) is 7.12. The van der Waals surface area contributed by atoms with Crippen LogP contribution in [0.4, 0.5) is 5.13 Å². The summed E-state index contributed by atoms with van der Waals surface area (Å²) in [4.78, 5) is 21.9. The smallest absolute Gasteiger partial charge is 0.260 e. The zero-order chi connectivity index (χ0) is 21.0. The SMILES string of the molecule is CCc1ccc2nc(N(CCN(C)C)C(=O)c3ccc(OC)c(OC)c3)sc2c1.Cl. The van der Waals surface area contributed by atoms with E-state index in [0.717, 1.165) is 23.2 Å². The largest absolute Gasteiger partial charge is 0.493 e. The van der Waals surface area contributed by atoms with Crippen LogP contribution >= 0.6 is 23.7 Å². The normalized spacial score (nSPS) is 10.7. The molecule has 162 valence electrons. The van der Waals surface area contributed by atoms with Crippen molar-refractivity contribution in [1.29, 1.82) is 0 Å². The van der Waals surface area contributed by atoms with Crippen molar-refractivity contribution in [3.63, 3.8) is 0 Å². The highest BCUT2D eigenvalue weighted by Crippen LogP contribution is 2.32. The van der Waals surface area contributed by atoms with Crippen LogP contribution in [0.2, 0.25) is 0 Å². The van der Waals surface area contributed by atoms with Crippen molar-refractivity contribution in [3.05, 3.63) is 47.5 Å². The van der Waals surface area contributed by atoms with E-state index in [0.29, 0.717) is 28.7 Å². The van der Waals surface area contributed by atoms with Gasteiger partial charge in [0.25, 0.3) is 5.91 Å². The maximum Gasteiger partial charge on any atom is 0.260 e. The number of aromatic nitrogens is 1. The lowest BCUT2D eigenvalue weighted by atomic mass is 10.1. The predicted octanol–water partition coefficient (Wildman–Crippen LogP) is 4.51. The molecule has 1 amide bonds. The van der Waals surface area contributed by atoms with Gasteiger partial charge in [-0.25, -0.2) is 4.98 Å². The van der Waals surface area contributed by atoms with Crippen molar-refractivity contribution in [2.24, 2.45) is 0 Å². The summed E-state index contributed by atoms with van der Waals surface area (Å²) in [5.41, 5.74) is 2.71. The molecule has 0 saturated carbocycles. The third-order valence-electron chi connectivity index (χ3n) is 4.73. The molecule has 0 radical (unpaired) electrons. The zero-order valence-electron chi connectivity index (χ0n) is 18.0. The van der Waals surface area contributed by atoms with E-state index in [1.807, 2.05) is 20.2 Å². The summed E-state index contributed by atoms with van der Waals surface area (Å²) in [5, 5.41) is 0.704. The quantitative estimate of drug-likeness (QED) is 0.506. The molecule has 8 heteroatoms. The lowest BCUT2D eigenvalue weighted by molar-refractivity contribution is 0.0985. The molecule has 0 unspecified atom stereocenters. The average Bonchev–Trinajstić information content (AvgIpc) is 3.15. The molecule has 0 aliphatic carbocycles. The lowest BCUT2D eigenvalue weighted by Gasteiger charge is -2.22. The molecule has 3 rings (SSSR count). The Kier molecular flexibility index (Phi) is 8.46. The second-order valence-corrected chi connectivity index (χ2v) is 7.99. The number of rotatable bonds is 8. The molecule has 2 aromatic carbocycles. The van der Waals surface area contributed by atoms with E-state index in [2.05, 4.69) is 24.0 Å². The number of fused-ring (bicyclic) bond motifs is 1. The second kappa shape index (κ2) is 10.6. The standard InChI is InChI=1S/C22H27N3O3S.ClH/c1-6-15-7-9-17-20(13-15)29-22(23-17)25(12-11-24(2)3)21(26)16-8-10-18(27-4)19(14-16)28-5;/h7-10,13-14H,6,11-12H2,1-5H3;1H. The van der Waals surface area contributed by atoms with E-state index in [1.54, 1.807) is 48.7 Å². The molecular weight excluding hydrogens is 422 g/mol. The monoisotopic (exact) mass is 449 g/mol. The van der Waals surface area contributed by atoms with Gasteiger partial charge in [0.05, 0.1) is 24.4 Å². The van der Waals surface area contributed by atoms with E-state index in [9.17, 15) is 4.79 Å². The number of ether oxygens (including phenoxy) is 2. The molecule has 0 aliphatic heterocycles. The number of halogens is 1. The molecule has 0 bridgehead atoms. The van der Waals surface area contributed by atoms with Gasteiger partial charge in [-0.1, -0.05) is 24.3 Å². The number of hydrogen-bond donors (Lipinski definition) is 0. The number of thiazole rings is 1. The number of likely N-dealkylation sites (N-methyl/N-ethyl adjacent to an activating group) is 1. The molecule has 30 heavy (non-hydrogen) atoms. The first-order valence-electron chi connectivity index (χ1n) is 9.55. The number of benzene rings is 2. The first-order chi connectivity index (χ1) is 14.0. The summed E-state index contributed by atoms with van der Waals surface area (Å²) in [6.45, 7) is 3.41. The molecule has 0 N–H and O–H groups in total. The molecule has 3 aromatic rings. The second-order valence-electron chi connectivity index (χ2n) is 6.98. The topological polar surface area (TPSA) is 54.9 Å². The number of anilines is 1. The fraction of sp³-hybridized carbons (Fsp3) is 0.364. The molecule has 0 aliphatic rings. The highest BCUT2D eigenvalue weighted by atomic mass is 35.5. The number of amides is 1. The van der Waals surface area contributed by atoms with Gasteiger partial charge in [-0.05, 0) is 56.4 Å². The highest BCUT2D eigenvalue weighted by Gasteiger charge is 2.22. The Bertz CT molecular complexity index is 1010. The number of carbonyl (C=O) groups is 1. The molecule has 0 fully saturated rings. The van der Waals surface area contributed by atoms with Crippen LogP contribution in [-0.4, -0.2) is 57.2 Å². The molecule has 0 spiro atoms. The Morgan fingerprint density at radius 3 is 2.40 bits per heavy atom. The Labute approximate surface area is 187 Å². The third kappa shape index (κ3) is 5.22. The van der Waals surface area contributed by atoms with E-state index in [1.165, 1.54) is 5.56 Å². The summed E-state index contributed by atoms with van der Waals surface area (Å²) in [5.74, 6) is 1.02. The van der Waals surface area contributed by atoms with E-state index < -0.39 is 0 Å². The Hall–Kier alpha value is -2.35. The van der Waals surface area contributed by atoms with Gasteiger partial charge >= 0.3 is 0 Å². The summed E-state index contributed by atoms with van der Waals surface area (Å²) in [6.07, 6.45) is 0.970. The fourth-order valence-corrected chi connectivity index (χ4v) is 4.06. The lowest BCUT2D eigenvalue weighted by Crippen LogP contribution is -2.36. The predicted molar refractivity (Wildman–Crippen MR) is 126 cm³/mol. The van der Waals surface area contributed by atoms with Gasteiger partial charge in [-0.15, -0.1) is 12.4 Å². The number of nitrogens with zero attached hydrogens (tertiary/aromatic N) is 3. The minimum absolute atomic E-state index is 0. The van der Waals surface area contributed by atoms with Crippen molar-refractivity contribution in [3.8, 4) is 11.5 Å². The highest BCUT2D eigenvalue weighted by molar-refractivity contribution is 7.22. The maximum atomic E-state index is 13.4. The van der Waals surface area contributed by atoms with Gasteiger partial charge < -0.3 is 14.4 Å². The average molecular weight is 450 g/mol. The van der Waals surface area contributed by atoms with Crippen LogP contribution in [-0.2, 0) is 6.42 Å². The van der Waals surface area contributed by atoms with Crippen LogP contribution in [0, 0.1) is 0 Å². The molecule has 1 heterocycles. The minimum atomic E-state index is -0.109. The first-order valence-corrected chi connectivity index (χ1v) is 10.4. The molecular formula is C22H28ClN3O3S. The Morgan fingerprint density at radius 1 is 1.03 bits per heavy atom. The summed E-state index contributed by atoms with van der Waals surface area (Å²) in [6, 6.07) is 11.5. The Morgan fingerprint density at radius 2 is 1.77 bits per heavy atom. The van der Waals surface area contributed by atoms with Gasteiger partial charge in [0, 0.05) is 18.7 Å². The van der Waals surface area contributed by atoms with Crippen LogP contribution in [0.5, 0.6) is 11.5 Å². The van der Waals surface area contributed by atoms with Crippen molar-refractivity contribution >= 4 is 45.0 Å². The van der Waals surface area contributed by atoms with Gasteiger partial charge in [-0.3, -0.25) is 9.69 Å². The van der Waals surface area contributed by atoms with E-state index in [4.69, 9.17) is 14.5 Å².